The number of hydrogen-bond donors (Lipinski definition) is 1. The summed E-state index contributed by atoms with van der Waals surface area (Å²) in [5, 5.41) is 4.17. The van der Waals surface area contributed by atoms with Crippen LogP contribution in [0.4, 0.5) is 5.69 Å². The molecular formula is C15H12Cl3NO2. The molecular weight excluding hydrogens is 333 g/mol. The van der Waals surface area contributed by atoms with E-state index in [1.807, 2.05) is 0 Å². The van der Waals surface area contributed by atoms with Crippen molar-refractivity contribution in [1.29, 1.82) is 0 Å². The summed E-state index contributed by atoms with van der Waals surface area (Å²) in [6.45, 7) is 1.64. The van der Waals surface area contributed by atoms with Gasteiger partial charge in [0.15, 0.2) is 6.10 Å². The summed E-state index contributed by atoms with van der Waals surface area (Å²) in [5.41, 5.74) is 0.445. The second kappa shape index (κ2) is 7.03. The molecule has 0 spiro atoms. The fraction of sp³-hybridized carbons (Fsp3) is 0.133. The Labute approximate surface area is 137 Å². The highest BCUT2D eigenvalue weighted by atomic mass is 35.5. The number of ether oxygens (including phenoxy) is 1. The van der Waals surface area contributed by atoms with Crippen molar-refractivity contribution in [3.05, 3.63) is 57.5 Å². The number of amides is 1. The zero-order chi connectivity index (χ0) is 15.4. The number of rotatable bonds is 4. The number of carbonyl (C=O) groups is 1. The highest BCUT2D eigenvalue weighted by molar-refractivity contribution is 6.35. The molecule has 0 aliphatic carbocycles. The standard InChI is InChI=1S/C15H12Cl3NO2/c1-9(21-12-5-2-10(16)3-6-12)15(20)19-14-8-11(17)4-7-13(14)18/h2-9H,1H3,(H,19,20)/t9-/m1/s1. The van der Waals surface area contributed by atoms with E-state index in [0.717, 1.165) is 0 Å². The molecule has 0 saturated heterocycles. The first-order valence-electron chi connectivity index (χ1n) is 6.14. The van der Waals surface area contributed by atoms with Gasteiger partial charge in [0.2, 0.25) is 0 Å². The first-order valence-corrected chi connectivity index (χ1v) is 7.27. The van der Waals surface area contributed by atoms with Gasteiger partial charge in [-0.3, -0.25) is 4.79 Å². The van der Waals surface area contributed by atoms with E-state index < -0.39 is 6.10 Å². The van der Waals surface area contributed by atoms with Crippen LogP contribution in [0.3, 0.4) is 0 Å². The Morgan fingerprint density at radius 2 is 1.67 bits per heavy atom. The monoisotopic (exact) mass is 343 g/mol. The summed E-state index contributed by atoms with van der Waals surface area (Å²) in [6.07, 6.45) is -0.693. The minimum absolute atomic E-state index is 0.325. The summed E-state index contributed by atoms with van der Waals surface area (Å²) in [4.78, 5) is 12.1. The van der Waals surface area contributed by atoms with Crippen LogP contribution < -0.4 is 10.1 Å². The van der Waals surface area contributed by atoms with Gasteiger partial charge in [-0.2, -0.15) is 0 Å². The summed E-state index contributed by atoms with van der Waals surface area (Å²) < 4.78 is 5.53. The SMILES string of the molecule is C[C@@H](Oc1ccc(Cl)cc1)C(=O)Nc1cc(Cl)ccc1Cl. The van der Waals surface area contributed by atoms with Gasteiger partial charge in [0.1, 0.15) is 5.75 Å². The van der Waals surface area contributed by atoms with E-state index in [0.29, 0.717) is 26.5 Å². The zero-order valence-electron chi connectivity index (χ0n) is 11.1. The van der Waals surface area contributed by atoms with Crippen molar-refractivity contribution in [3.63, 3.8) is 0 Å². The Bertz CT molecular complexity index is 644. The van der Waals surface area contributed by atoms with E-state index in [2.05, 4.69) is 5.32 Å². The molecule has 0 unspecified atom stereocenters. The fourth-order valence-electron chi connectivity index (χ4n) is 1.60. The fourth-order valence-corrected chi connectivity index (χ4v) is 2.06. The summed E-state index contributed by atoms with van der Waals surface area (Å²) in [6, 6.07) is 11.6. The number of hydrogen-bond acceptors (Lipinski definition) is 2. The number of carbonyl (C=O) groups excluding carboxylic acids is 1. The van der Waals surface area contributed by atoms with E-state index in [1.54, 1.807) is 49.4 Å². The lowest BCUT2D eigenvalue weighted by molar-refractivity contribution is -0.122. The molecule has 0 heterocycles. The molecule has 1 atom stereocenters. The smallest absolute Gasteiger partial charge is 0.265 e. The Kier molecular flexibility index (Phi) is 5.34. The van der Waals surface area contributed by atoms with Crippen LogP contribution >= 0.6 is 34.8 Å². The number of halogens is 3. The molecule has 0 radical (unpaired) electrons. The van der Waals surface area contributed by atoms with Crippen LogP contribution in [0.1, 0.15) is 6.92 Å². The van der Waals surface area contributed by atoms with Gasteiger partial charge in [-0.25, -0.2) is 0 Å². The Hall–Kier alpha value is -1.42. The van der Waals surface area contributed by atoms with Crippen LogP contribution in [-0.2, 0) is 4.79 Å². The van der Waals surface area contributed by atoms with E-state index in [4.69, 9.17) is 39.5 Å². The van der Waals surface area contributed by atoms with Crippen LogP contribution in [-0.4, -0.2) is 12.0 Å². The molecule has 0 fully saturated rings. The summed E-state index contributed by atoms with van der Waals surface area (Å²) in [7, 11) is 0. The van der Waals surface area contributed by atoms with Crippen molar-refractivity contribution in [2.45, 2.75) is 13.0 Å². The molecule has 2 aromatic carbocycles. The number of anilines is 1. The molecule has 0 aliphatic rings. The van der Waals surface area contributed by atoms with E-state index >= 15 is 0 Å². The van der Waals surface area contributed by atoms with Gasteiger partial charge in [0.25, 0.3) is 5.91 Å². The third-order valence-electron chi connectivity index (χ3n) is 2.68. The average molecular weight is 345 g/mol. The quantitative estimate of drug-likeness (QED) is 0.842. The van der Waals surface area contributed by atoms with Gasteiger partial charge < -0.3 is 10.1 Å². The maximum absolute atomic E-state index is 12.1. The number of benzene rings is 2. The van der Waals surface area contributed by atoms with Gasteiger partial charge in [-0.15, -0.1) is 0 Å². The van der Waals surface area contributed by atoms with Crippen molar-refractivity contribution < 1.29 is 9.53 Å². The Balaban J connectivity index is 2.02. The van der Waals surface area contributed by atoms with Crippen LogP contribution in [0.25, 0.3) is 0 Å². The van der Waals surface area contributed by atoms with Crippen LogP contribution in [0.5, 0.6) is 5.75 Å². The van der Waals surface area contributed by atoms with Crippen molar-refractivity contribution in [1.82, 2.24) is 0 Å². The second-order valence-electron chi connectivity index (χ2n) is 4.33. The lowest BCUT2D eigenvalue weighted by Gasteiger charge is -2.15. The average Bonchev–Trinajstić information content (AvgIpc) is 2.45. The van der Waals surface area contributed by atoms with Crippen LogP contribution in [0.15, 0.2) is 42.5 Å². The number of nitrogens with one attached hydrogen (secondary N) is 1. The Morgan fingerprint density at radius 1 is 1.05 bits per heavy atom. The van der Waals surface area contributed by atoms with E-state index in [1.165, 1.54) is 0 Å². The normalized spacial score (nSPS) is 11.8. The first kappa shape index (κ1) is 16.0. The minimum Gasteiger partial charge on any atom is -0.481 e. The summed E-state index contributed by atoms with van der Waals surface area (Å²) in [5.74, 6) is 0.230. The van der Waals surface area contributed by atoms with Crippen molar-refractivity contribution in [3.8, 4) is 5.75 Å². The highest BCUT2D eigenvalue weighted by Gasteiger charge is 2.16. The van der Waals surface area contributed by atoms with Crippen LogP contribution in [0, 0.1) is 0 Å². The van der Waals surface area contributed by atoms with Gasteiger partial charge >= 0.3 is 0 Å². The molecule has 1 N–H and O–H groups in total. The molecule has 0 aliphatic heterocycles. The second-order valence-corrected chi connectivity index (χ2v) is 5.61. The van der Waals surface area contributed by atoms with Gasteiger partial charge in [0.05, 0.1) is 10.7 Å². The summed E-state index contributed by atoms with van der Waals surface area (Å²) >= 11 is 17.7. The first-order chi connectivity index (χ1) is 9.95. The molecule has 0 saturated carbocycles. The molecule has 0 aromatic heterocycles. The predicted octanol–water partition coefficient (Wildman–Crippen LogP) is 5.05. The highest BCUT2D eigenvalue weighted by Crippen LogP contribution is 2.25. The molecule has 6 heteroatoms. The van der Waals surface area contributed by atoms with Crippen LogP contribution in [0.2, 0.25) is 15.1 Å². The predicted molar refractivity (Wildman–Crippen MR) is 86.6 cm³/mol. The molecule has 3 nitrogen and oxygen atoms in total. The van der Waals surface area contributed by atoms with Gasteiger partial charge in [-0.05, 0) is 49.4 Å². The Morgan fingerprint density at radius 3 is 2.33 bits per heavy atom. The molecule has 1 amide bonds. The van der Waals surface area contributed by atoms with E-state index in [9.17, 15) is 4.79 Å². The van der Waals surface area contributed by atoms with Gasteiger partial charge in [0, 0.05) is 10.0 Å². The largest absolute Gasteiger partial charge is 0.481 e. The zero-order valence-corrected chi connectivity index (χ0v) is 13.3. The van der Waals surface area contributed by atoms with Gasteiger partial charge in [-0.1, -0.05) is 34.8 Å². The third kappa shape index (κ3) is 4.53. The van der Waals surface area contributed by atoms with Crippen molar-refractivity contribution in [2.75, 3.05) is 5.32 Å². The lowest BCUT2D eigenvalue weighted by Crippen LogP contribution is -2.30. The maximum Gasteiger partial charge on any atom is 0.265 e. The molecule has 2 aromatic rings. The molecule has 21 heavy (non-hydrogen) atoms. The molecule has 2 rings (SSSR count). The minimum atomic E-state index is -0.693. The van der Waals surface area contributed by atoms with Crippen molar-refractivity contribution in [2.24, 2.45) is 0 Å². The van der Waals surface area contributed by atoms with E-state index in [-0.39, 0.29) is 5.91 Å². The molecule has 0 bridgehead atoms. The third-order valence-corrected chi connectivity index (χ3v) is 3.50. The lowest BCUT2D eigenvalue weighted by atomic mass is 10.3. The topological polar surface area (TPSA) is 38.3 Å². The van der Waals surface area contributed by atoms with Crippen molar-refractivity contribution >= 4 is 46.4 Å². The maximum atomic E-state index is 12.1. The molecule has 110 valence electrons.